The van der Waals surface area contributed by atoms with Gasteiger partial charge in [0, 0.05) is 28.7 Å². The van der Waals surface area contributed by atoms with Crippen molar-refractivity contribution in [1.29, 1.82) is 0 Å². The number of furan rings is 1. The van der Waals surface area contributed by atoms with Crippen LogP contribution in [0.5, 0.6) is 0 Å². The Balaban J connectivity index is 1.37. The third-order valence-corrected chi connectivity index (χ3v) is 5.64. The van der Waals surface area contributed by atoms with Gasteiger partial charge in [-0.15, -0.1) is 0 Å². The van der Waals surface area contributed by atoms with E-state index in [-0.39, 0.29) is 11.8 Å². The van der Waals surface area contributed by atoms with Crippen LogP contribution in [0.2, 0.25) is 5.02 Å². The van der Waals surface area contributed by atoms with Crippen LogP contribution in [0.3, 0.4) is 0 Å². The molecule has 2 amide bonds. The van der Waals surface area contributed by atoms with Crippen LogP contribution < -0.4 is 10.2 Å². The fourth-order valence-corrected chi connectivity index (χ4v) is 3.93. The van der Waals surface area contributed by atoms with Gasteiger partial charge in [0.15, 0.2) is 0 Å². The molecule has 7 heteroatoms. The van der Waals surface area contributed by atoms with E-state index >= 15 is 0 Å². The first-order valence-electron chi connectivity index (χ1n) is 9.78. The Morgan fingerprint density at radius 3 is 2.55 bits per heavy atom. The predicted molar refractivity (Wildman–Crippen MR) is 119 cm³/mol. The number of amides is 2. The highest BCUT2D eigenvalue weighted by atomic mass is 35.5. The van der Waals surface area contributed by atoms with E-state index in [1.807, 2.05) is 24.4 Å². The zero-order valence-corrected chi connectivity index (χ0v) is 17.2. The quantitative estimate of drug-likeness (QED) is 0.485. The Kier molecular flexibility index (Phi) is 4.84. The van der Waals surface area contributed by atoms with Gasteiger partial charge in [-0.3, -0.25) is 14.5 Å². The number of nitrogens with zero attached hydrogens (tertiary/aromatic N) is 2. The van der Waals surface area contributed by atoms with Gasteiger partial charge < -0.3 is 14.3 Å². The first kappa shape index (κ1) is 19.2. The van der Waals surface area contributed by atoms with E-state index in [1.54, 1.807) is 59.7 Å². The van der Waals surface area contributed by atoms with Crippen LogP contribution in [0.25, 0.3) is 0 Å². The van der Waals surface area contributed by atoms with Crippen LogP contribution >= 0.6 is 11.6 Å². The number of hydrogen-bond acceptors (Lipinski definition) is 3. The molecule has 4 aromatic rings. The third kappa shape index (κ3) is 3.62. The third-order valence-electron chi connectivity index (χ3n) is 5.31. The SMILES string of the molecule is O=C(Nc1ccc(C(=O)N2Cc3cccn3Cc3ccoc32)cc1)c1ccccc1Cl. The number of aromatic nitrogens is 1. The molecule has 3 heterocycles. The fraction of sp³-hybridized carbons (Fsp3) is 0.0833. The lowest BCUT2D eigenvalue weighted by molar-refractivity contribution is 0.0979. The van der Waals surface area contributed by atoms with Gasteiger partial charge in [-0.05, 0) is 54.6 Å². The van der Waals surface area contributed by atoms with E-state index in [2.05, 4.69) is 9.88 Å². The number of rotatable bonds is 3. The molecule has 2 aromatic carbocycles. The molecule has 0 fully saturated rings. The Bertz CT molecular complexity index is 1270. The maximum Gasteiger partial charge on any atom is 0.260 e. The van der Waals surface area contributed by atoms with Gasteiger partial charge in [0.1, 0.15) is 0 Å². The second-order valence-corrected chi connectivity index (χ2v) is 7.69. The zero-order valence-electron chi connectivity index (χ0n) is 16.4. The molecule has 1 aliphatic rings. The van der Waals surface area contributed by atoms with Gasteiger partial charge in [-0.25, -0.2) is 0 Å². The van der Waals surface area contributed by atoms with Crippen LogP contribution in [-0.2, 0) is 13.1 Å². The summed E-state index contributed by atoms with van der Waals surface area (Å²) in [5.74, 6) is 0.0813. The van der Waals surface area contributed by atoms with Crippen molar-refractivity contribution < 1.29 is 14.0 Å². The molecule has 5 rings (SSSR count). The second kappa shape index (κ2) is 7.81. The standard InChI is InChI=1S/C24H18ClN3O3/c25-21-6-2-1-5-20(21)22(29)26-18-9-7-16(8-10-18)23(30)28-15-19-4-3-12-27(19)14-17-11-13-31-24(17)28/h1-13H,14-15H2,(H,26,29). The summed E-state index contributed by atoms with van der Waals surface area (Å²) in [5, 5.41) is 3.19. The number of fused-ring (bicyclic) bond motifs is 2. The highest BCUT2D eigenvalue weighted by Crippen LogP contribution is 2.30. The highest BCUT2D eigenvalue weighted by molar-refractivity contribution is 6.34. The first-order chi connectivity index (χ1) is 15.1. The lowest BCUT2D eigenvalue weighted by Crippen LogP contribution is -2.30. The molecular weight excluding hydrogens is 414 g/mol. The molecule has 0 unspecified atom stereocenters. The van der Waals surface area contributed by atoms with Crippen molar-refractivity contribution in [2.24, 2.45) is 0 Å². The molecule has 0 saturated carbocycles. The topological polar surface area (TPSA) is 67.5 Å². The molecule has 154 valence electrons. The van der Waals surface area contributed by atoms with E-state index in [0.717, 1.165) is 11.3 Å². The number of carbonyl (C=O) groups is 2. The van der Waals surface area contributed by atoms with Crippen molar-refractivity contribution in [2.75, 3.05) is 10.2 Å². The lowest BCUT2D eigenvalue weighted by Gasteiger charge is -2.19. The Labute approximate surface area is 183 Å². The van der Waals surface area contributed by atoms with Crippen LogP contribution in [0.1, 0.15) is 32.0 Å². The van der Waals surface area contributed by atoms with Crippen molar-refractivity contribution in [3.63, 3.8) is 0 Å². The maximum absolute atomic E-state index is 13.3. The summed E-state index contributed by atoms with van der Waals surface area (Å²) >= 11 is 6.09. The molecular formula is C24H18ClN3O3. The van der Waals surface area contributed by atoms with Crippen molar-refractivity contribution in [3.8, 4) is 0 Å². The van der Waals surface area contributed by atoms with Crippen LogP contribution in [0.4, 0.5) is 11.6 Å². The molecule has 0 saturated heterocycles. The van der Waals surface area contributed by atoms with Gasteiger partial charge in [0.2, 0.25) is 5.88 Å². The summed E-state index contributed by atoms with van der Waals surface area (Å²) < 4.78 is 7.76. The van der Waals surface area contributed by atoms with Crippen molar-refractivity contribution in [2.45, 2.75) is 13.1 Å². The van der Waals surface area contributed by atoms with Crippen LogP contribution in [0, 0.1) is 0 Å². The number of benzene rings is 2. The summed E-state index contributed by atoms with van der Waals surface area (Å²) in [4.78, 5) is 27.4. The second-order valence-electron chi connectivity index (χ2n) is 7.28. The average molecular weight is 432 g/mol. The Morgan fingerprint density at radius 1 is 0.935 bits per heavy atom. The van der Waals surface area contributed by atoms with Gasteiger partial charge in [0.05, 0.1) is 29.9 Å². The summed E-state index contributed by atoms with van der Waals surface area (Å²) in [7, 11) is 0. The van der Waals surface area contributed by atoms with Gasteiger partial charge in [0.25, 0.3) is 11.8 Å². The molecule has 1 N–H and O–H groups in total. The number of anilines is 2. The smallest absolute Gasteiger partial charge is 0.260 e. The normalized spacial score (nSPS) is 12.6. The molecule has 0 spiro atoms. The van der Waals surface area contributed by atoms with E-state index < -0.39 is 0 Å². The van der Waals surface area contributed by atoms with E-state index in [4.69, 9.17) is 16.0 Å². The van der Waals surface area contributed by atoms with E-state index in [9.17, 15) is 9.59 Å². The molecule has 6 nitrogen and oxygen atoms in total. The Hall–Kier alpha value is -3.77. The minimum atomic E-state index is -0.307. The number of nitrogens with one attached hydrogen (secondary N) is 1. The van der Waals surface area contributed by atoms with Crippen molar-refractivity contribution in [1.82, 2.24) is 4.57 Å². The van der Waals surface area contributed by atoms with Gasteiger partial charge in [-0.1, -0.05) is 23.7 Å². The zero-order chi connectivity index (χ0) is 21.4. The van der Waals surface area contributed by atoms with E-state index in [1.165, 1.54) is 0 Å². The van der Waals surface area contributed by atoms with Crippen molar-refractivity contribution >= 4 is 35.0 Å². The maximum atomic E-state index is 13.3. The summed E-state index contributed by atoms with van der Waals surface area (Å²) in [6.07, 6.45) is 3.60. The average Bonchev–Trinajstić information content (AvgIpc) is 3.39. The highest BCUT2D eigenvalue weighted by Gasteiger charge is 2.27. The van der Waals surface area contributed by atoms with Crippen LogP contribution in [0.15, 0.2) is 83.6 Å². The lowest BCUT2D eigenvalue weighted by atomic mass is 10.1. The largest absolute Gasteiger partial charge is 0.448 e. The monoisotopic (exact) mass is 431 g/mol. The Morgan fingerprint density at radius 2 is 1.74 bits per heavy atom. The molecule has 0 atom stereocenters. The molecule has 1 aliphatic heterocycles. The van der Waals surface area contributed by atoms with E-state index in [0.29, 0.717) is 40.8 Å². The summed E-state index contributed by atoms with van der Waals surface area (Å²) in [6.45, 7) is 1.07. The predicted octanol–water partition coefficient (Wildman–Crippen LogP) is 5.20. The number of hydrogen-bond donors (Lipinski definition) is 1. The molecule has 31 heavy (non-hydrogen) atoms. The fourth-order valence-electron chi connectivity index (χ4n) is 3.71. The number of halogens is 1. The van der Waals surface area contributed by atoms with Crippen molar-refractivity contribution in [3.05, 3.63) is 107 Å². The summed E-state index contributed by atoms with van der Waals surface area (Å²) in [6, 6.07) is 19.5. The molecule has 0 bridgehead atoms. The number of carbonyl (C=O) groups excluding carboxylic acids is 2. The van der Waals surface area contributed by atoms with Gasteiger partial charge in [-0.2, -0.15) is 0 Å². The molecule has 2 aromatic heterocycles. The minimum absolute atomic E-state index is 0.171. The van der Waals surface area contributed by atoms with Gasteiger partial charge >= 0.3 is 0 Å². The first-order valence-corrected chi connectivity index (χ1v) is 10.2. The molecule has 0 aliphatic carbocycles. The minimum Gasteiger partial charge on any atom is -0.448 e. The summed E-state index contributed by atoms with van der Waals surface area (Å²) in [5.41, 5.74) is 3.44. The van der Waals surface area contributed by atoms with Crippen LogP contribution in [-0.4, -0.2) is 16.4 Å². The molecule has 0 radical (unpaired) electrons.